The second kappa shape index (κ2) is 7.26. The van der Waals surface area contributed by atoms with Crippen LogP contribution < -0.4 is 9.47 Å². The normalized spacial score (nSPS) is 10.6. The van der Waals surface area contributed by atoms with E-state index in [1.165, 1.54) is 19.2 Å². The van der Waals surface area contributed by atoms with Crippen LogP contribution in [0, 0.1) is 24.0 Å². The van der Waals surface area contributed by atoms with Gasteiger partial charge < -0.3 is 9.47 Å². The number of hydrogen-bond acceptors (Lipinski definition) is 5. The van der Waals surface area contributed by atoms with E-state index >= 15 is 0 Å². The van der Waals surface area contributed by atoms with Crippen molar-refractivity contribution in [3.05, 3.63) is 75.6 Å². The molecule has 0 amide bonds. The summed E-state index contributed by atoms with van der Waals surface area (Å²) >= 11 is 0. The molecular weight excluding hydrogens is 334 g/mol. The Bertz CT molecular complexity index is 932. The summed E-state index contributed by atoms with van der Waals surface area (Å²) in [5.41, 5.74) is 3.95. The third kappa shape index (κ3) is 3.66. The molecule has 0 aliphatic rings. The molecule has 3 aromatic rings. The van der Waals surface area contributed by atoms with Crippen LogP contribution in [0.25, 0.3) is 5.69 Å². The highest BCUT2D eigenvalue weighted by Gasteiger charge is 2.12. The second-order valence-corrected chi connectivity index (χ2v) is 5.89. The van der Waals surface area contributed by atoms with Crippen LogP contribution in [0.15, 0.2) is 48.5 Å². The molecule has 7 nitrogen and oxygen atoms in total. The molecule has 3 rings (SSSR count). The van der Waals surface area contributed by atoms with Crippen LogP contribution in [0.1, 0.15) is 17.0 Å². The summed E-state index contributed by atoms with van der Waals surface area (Å²) in [6, 6.07) is 14.2. The number of aryl methyl sites for hydroxylation is 2. The number of methoxy groups -OCH3 is 1. The number of non-ortho nitro benzene ring substituents is 1. The van der Waals surface area contributed by atoms with Gasteiger partial charge in [-0.05, 0) is 43.7 Å². The zero-order valence-electron chi connectivity index (χ0n) is 14.8. The molecule has 0 aliphatic carbocycles. The van der Waals surface area contributed by atoms with Crippen molar-refractivity contribution < 1.29 is 14.4 Å². The Morgan fingerprint density at radius 1 is 1.08 bits per heavy atom. The van der Waals surface area contributed by atoms with Gasteiger partial charge in [0.25, 0.3) is 5.69 Å². The molecule has 0 radical (unpaired) electrons. The minimum atomic E-state index is -0.468. The van der Waals surface area contributed by atoms with Crippen LogP contribution >= 0.6 is 0 Å². The number of ether oxygens (including phenoxy) is 2. The fourth-order valence-corrected chi connectivity index (χ4v) is 2.67. The van der Waals surface area contributed by atoms with Crippen LogP contribution in [0.4, 0.5) is 5.69 Å². The monoisotopic (exact) mass is 353 g/mol. The fourth-order valence-electron chi connectivity index (χ4n) is 2.67. The van der Waals surface area contributed by atoms with Crippen molar-refractivity contribution in [3.63, 3.8) is 0 Å². The Hall–Kier alpha value is -3.35. The molecule has 0 aliphatic heterocycles. The van der Waals surface area contributed by atoms with E-state index in [2.05, 4.69) is 5.10 Å². The summed E-state index contributed by atoms with van der Waals surface area (Å²) in [6.45, 7) is 4.30. The molecule has 0 fully saturated rings. The number of nitro groups is 1. The molecule has 1 aromatic heterocycles. The molecule has 2 aromatic carbocycles. The van der Waals surface area contributed by atoms with Gasteiger partial charge in [0, 0.05) is 11.8 Å². The third-order valence-electron chi connectivity index (χ3n) is 3.94. The largest absolute Gasteiger partial charge is 0.493 e. The summed E-state index contributed by atoms with van der Waals surface area (Å²) in [5, 5.41) is 15.3. The molecule has 0 bridgehead atoms. The first kappa shape index (κ1) is 17.5. The van der Waals surface area contributed by atoms with Crippen LogP contribution in [-0.4, -0.2) is 21.8 Å². The summed E-state index contributed by atoms with van der Waals surface area (Å²) < 4.78 is 12.8. The van der Waals surface area contributed by atoms with E-state index in [1.54, 1.807) is 6.07 Å². The molecule has 134 valence electrons. The summed E-state index contributed by atoms with van der Waals surface area (Å²) in [4.78, 5) is 10.4. The zero-order chi connectivity index (χ0) is 18.7. The summed E-state index contributed by atoms with van der Waals surface area (Å²) in [7, 11) is 1.45. The Kier molecular flexibility index (Phi) is 4.88. The van der Waals surface area contributed by atoms with E-state index in [0.29, 0.717) is 18.1 Å². The molecule has 0 saturated carbocycles. The highest BCUT2D eigenvalue weighted by Crippen LogP contribution is 2.31. The average Bonchev–Trinajstić information content (AvgIpc) is 2.98. The number of nitrogens with zero attached hydrogens (tertiary/aromatic N) is 3. The predicted octanol–water partition coefficient (Wildman–Crippen LogP) is 3.98. The lowest BCUT2D eigenvalue weighted by Gasteiger charge is -2.11. The van der Waals surface area contributed by atoms with E-state index in [1.807, 2.05) is 48.9 Å². The fraction of sp³-hybridized carbons (Fsp3) is 0.211. The highest BCUT2D eigenvalue weighted by molar-refractivity contribution is 5.48. The molecule has 0 spiro atoms. The van der Waals surface area contributed by atoms with Gasteiger partial charge in [-0.2, -0.15) is 5.10 Å². The molecule has 0 unspecified atom stereocenters. The van der Waals surface area contributed by atoms with Crippen LogP contribution in [0.2, 0.25) is 0 Å². The van der Waals surface area contributed by atoms with Crippen LogP contribution in [0.5, 0.6) is 11.5 Å². The average molecular weight is 353 g/mol. The Morgan fingerprint density at radius 3 is 2.38 bits per heavy atom. The van der Waals surface area contributed by atoms with Crippen molar-refractivity contribution in [1.29, 1.82) is 0 Å². The lowest BCUT2D eigenvalue weighted by molar-refractivity contribution is -0.385. The molecule has 7 heteroatoms. The number of hydrogen-bond donors (Lipinski definition) is 0. The number of nitro benzene ring substituents is 1. The summed E-state index contributed by atoms with van der Waals surface area (Å²) in [6.07, 6.45) is 0. The molecule has 0 atom stereocenters. The maximum atomic E-state index is 10.8. The first-order valence-corrected chi connectivity index (χ1v) is 8.06. The van der Waals surface area contributed by atoms with Crippen molar-refractivity contribution in [1.82, 2.24) is 9.78 Å². The van der Waals surface area contributed by atoms with Gasteiger partial charge in [-0.25, -0.2) is 4.68 Å². The first-order chi connectivity index (χ1) is 12.5. The second-order valence-electron chi connectivity index (χ2n) is 5.89. The first-order valence-electron chi connectivity index (χ1n) is 8.06. The van der Waals surface area contributed by atoms with Gasteiger partial charge in [0.15, 0.2) is 11.5 Å². The molecular formula is C19H19N3O4. The molecule has 0 saturated heterocycles. The van der Waals surface area contributed by atoms with E-state index in [-0.39, 0.29) is 5.69 Å². The number of aromatic nitrogens is 2. The minimum absolute atomic E-state index is 0.0385. The van der Waals surface area contributed by atoms with Gasteiger partial charge in [0.1, 0.15) is 6.61 Å². The highest BCUT2D eigenvalue weighted by atomic mass is 16.6. The predicted molar refractivity (Wildman–Crippen MR) is 97.0 cm³/mol. The lowest BCUT2D eigenvalue weighted by Crippen LogP contribution is -2.01. The number of rotatable bonds is 6. The third-order valence-corrected chi connectivity index (χ3v) is 3.94. The van der Waals surface area contributed by atoms with E-state index in [4.69, 9.17) is 9.47 Å². The Balaban J connectivity index is 1.72. The van der Waals surface area contributed by atoms with Crippen molar-refractivity contribution in [2.75, 3.05) is 7.11 Å². The van der Waals surface area contributed by atoms with E-state index in [0.717, 1.165) is 22.6 Å². The van der Waals surface area contributed by atoms with Gasteiger partial charge in [-0.3, -0.25) is 10.1 Å². The molecule has 1 heterocycles. The van der Waals surface area contributed by atoms with Crippen LogP contribution in [-0.2, 0) is 6.61 Å². The van der Waals surface area contributed by atoms with Crippen molar-refractivity contribution >= 4 is 5.69 Å². The van der Waals surface area contributed by atoms with Gasteiger partial charge in [-0.1, -0.05) is 12.1 Å². The van der Waals surface area contributed by atoms with Crippen molar-refractivity contribution in [2.45, 2.75) is 20.5 Å². The Labute approximate surface area is 150 Å². The maximum absolute atomic E-state index is 10.8. The maximum Gasteiger partial charge on any atom is 0.273 e. The van der Waals surface area contributed by atoms with Crippen LogP contribution in [0.3, 0.4) is 0 Å². The van der Waals surface area contributed by atoms with Gasteiger partial charge in [-0.15, -0.1) is 0 Å². The van der Waals surface area contributed by atoms with Gasteiger partial charge in [0.2, 0.25) is 0 Å². The molecule has 0 N–H and O–H groups in total. The minimum Gasteiger partial charge on any atom is -0.493 e. The van der Waals surface area contributed by atoms with Gasteiger partial charge in [0.05, 0.1) is 29.5 Å². The summed E-state index contributed by atoms with van der Waals surface area (Å²) in [5.74, 6) is 0.791. The van der Waals surface area contributed by atoms with Gasteiger partial charge >= 0.3 is 0 Å². The lowest BCUT2D eigenvalue weighted by atomic mass is 10.2. The SMILES string of the molecule is COc1cc([N+](=O)[O-])ccc1OCc1ccc(-n2nc(C)cc2C)cc1. The zero-order valence-corrected chi connectivity index (χ0v) is 14.8. The quantitative estimate of drug-likeness (QED) is 0.494. The Morgan fingerprint density at radius 2 is 1.81 bits per heavy atom. The van der Waals surface area contributed by atoms with Crippen molar-refractivity contribution in [2.24, 2.45) is 0 Å². The standard InChI is InChI=1S/C19H19N3O4/c1-13-10-14(2)21(20-13)16-6-4-15(5-7-16)12-26-18-9-8-17(22(23)24)11-19(18)25-3/h4-11H,12H2,1-3H3. The van der Waals surface area contributed by atoms with E-state index < -0.39 is 4.92 Å². The smallest absolute Gasteiger partial charge is 0.273 e. The topological polar surface area (TPSA) is 79.4 Å². The molecule has 26 heavy (non-hydrogen) atoms. The number of benzene rings is 2. The van der Waals surface area contributed by atoms with E-state index in [9.17, 15) is 10.1 Å². The van der Waals surface area contributed by atoms with Crippen molar-refractivity contribution in [3.8, 4) is 17.2 Å².